The molecule has 0 aromatic heterocycles. The van der Waals surface area contributed by atoms with Crippen molar-refractivity contribution >= 4 is 16.9 Å². The largest absolute Gasteiger partial charge is 0.361 e. The lowest BCUT2D eigenvalue weighted by atomic mass is 9.75. The van der Waals surface area contributed by atoms with E-state index >= 15 is 0 Å². The van der Waals surface area contributed by atoms with Crippen molar-refractivity contribution in [3.63, 3.8) is 0 Å². The number of amidine groups is 1. The Hall–Kier alpha value is -0.960. The fourth-order valence-corrected chi connectivity index (χ4v) is 4.66. The van der Waals surface area contributed by atoms with Crippen LogP contribution in [-0.2, 0) is 13.0 Å². The molecule has 0 bridgehead atoms. The van der Waals surface area contributed by atoms with E-state index in [1.165, 1.54) is 49.0 Å². The van der Waals surface area contributed by atoms with Crippen molar-refractivity contribution in [1.29, 1.82) is 0 Å². The van der Waals surface area contributed by atoms with Crippen LogP contribution in [0.1, 0.15) is 50.2 Å². The van der Waals surface area contributed by atoms with Crippen LogP contribution < -0.4 is 5.32 Å². The third-order valence-corrected chi connectivity index (χ3v) is 6.22. The summed E-state index contributed by atoms with van der Waals surface area (Å²) in [7, 11) is 0. The second-order valence-electron chi connectivity index (χ2n) is 6.45. The van der Waals surface area contributed by atoms with Crippen molar-refractivity contribution in [3.8, 4) is 0 Å². The average Bonchev–Trinajstić information content (AvgIpc) is 2.55. The summed E-state index contributed by atoms with van der Waals surface area (Å²) in [5, 5.41) is 4.70. The van der Waals surface area contributed by atoms with Gasteiger partial charge in [0.1, 0.15) is 0 Å². The smallest absolute Gasteiger partial charge is 0.156 e. The maximum atomic E-state index is 4.85. The fourth-order valence-electron chi connectivity index (χ4n) is 3.51. The van der Waals surface area contributed by atoms with E-state index in [0.717, 1.165) is 24.7 Å². The van der Waals surface area contributed by atoms with E-state index in [0.29, 0.717) is 5.41 Å². The predicted octanol–water partition coefficient (Wildman–Crippen LogP) is 4.39. The quantitative estimate of drug-likeness (QED) is 0.895. The number of aliphatic imine (C=N–C) groups is 1. The standard InChI is InChI=1S/C18H26N2S/c1-2-15-8-4-5-9-16(15)12-19-17-20-13-18(14-21-17)10-6-3-7-11-18/h4-5,8-9H,2-3,6-7,10-14H2,1H3,(H,19,20). The number of nitrogens with one attached hydrogen (secondary N) is 1. The summed E-state index contributed by atoms with van der Waals surface area (Å²) in [6.45, 7) is 4.17. The Labute approximate surface area is 132 Å². The molecule has 2 aliphatic rings. The Morgan fingerprint density at radius 1 is 1.14 bits per heavy atom. The summed E-state index contributed by atoms with van der Waals surface area (Å²) >= 11 is 1.94. The van der Waals surface area contributed by atoms with Crippen LogP contribution in [0.3, 0.4) is 0 Å². The Morgan fingerprint density at radius 2 is 1.90 bits per heavy atom. The summed E-state index contributed by atoms with van der Waals surface area (Å²) in [5.41, 5.74) is 3.37. The highest BCUT2D eigenvalue weighted by Crippen LogP contribution is 2.41. The molecule has 21 heavy (non-hydrogen) atoms. The first-order chi connectivity index (χ1) is 10.3. The summed E-state index contributed by atoms with van der Waals surface area (Å²) in [5.74, 6) is 1.26. The third-order valence-electron chi connectivity index (χ3n) is 4.92. The molecule has 1 heterocycles. The molecule has 1 aromatic rings. The molecule has 3 heteroatoms. The Kier molecular flexibility index (Phi) is 4.89. The van der Waals surface area contributed by atoms with Crippen LogP contribution in [0.15, 0.2) is 29.3 Å². The molecule has 1 aromatic carbocycles. The first kappa shape index (κ1) is 15.0. The Balaban J connectivity index is 1.57. The van der Waals surface area contributed by atoms with Crippen molar-refractivity contribution in [2.24, 2.45) is 10.4 Å². The number of rotatable bonds is 3. The first-order valence-electron chi connectivity index (χ1n) is 8.29. The van der Waals surface area contributed by atoms with Gasteiger partial charge in [0.2, 0.25) is 0 Å². The molecule has 1 saturated carbocycles. The molecular formula is C18H26N2S. The van der Waals surface area contributed by atoms with Crippen LogP contribution in [0.4, 0.5) is 0 Å². The molecule has 1 N–H and O–H groups in total. The number of nitrogens with zero attached hydrogens (tertiary/aromatic N) is 1. The molecule has 2 nitrogen and oxygen atoms in total. The van der Waals surface area contributed by atoms with E-state index < -0.39 is 0 Å². The van der Waals surface area contributed by atoms with Gasteiger partial charge < -0.3 is 5.32 Å². The minimum atomic E-state index is 0.523. The molecule has 1 fully saturated rings. The van der Waals surface area contributed by atoms with Crippen molar-refractivity contribution in [3.05, 3.63) is 35.4 Å². The molecule has 3 rings (SSSR count). The van der Waals surface area contributed by atoms with Gasteiger partial charge in [-0.2, -0.15) is 0 Å². The SMILES string of the molecule is CCc1ccccc1CNC1=NCC2(CCCCC2)CS1. The van der Waals surface area contributed by atoms with Crippen LogP contribution in [0.25, 0.3) is 0 Å². The van der Waals surface area contributed by atoms with E-state index in [9.17, 15) is 0 Å². The zero-order valence-corrected chi connectivity index (χ0v) is 13.8. The zero-order valence-electron chi connectivity index (χ0n) is 13.0. The van der Waals surface area contributed by atoms with Gasteiger partial charge in [-0.05, 0) is 35.8 Å². The lowest BCUT2D eigenvalue weighted by Gasteiger charge is -2.38. The van der Waals surface area contributed by atoms with Gasteiger partial charge in [-0.1, -0.05) is 62.2 Å². The number of hydrogen-bond donors (Lipinski definition) is 1. The van der Waals surface area contributed by atoms with Crippen LogP contribution in [0.2, 0.25) is 0 Å². The van der Waals surface area contributed by atoms with Gasteiger partial charge in [0.25, 0.3) is 0 Å². The molecule has 0 amide bonds. The first-order valence-corrected chi connectivity index (χ1v) is 9.28. The van der Waals surface area contributed by atoms with Crippen LogP contribution in [0.5, 0.6) is 0 Å². The molecule has 0 unspecified atom stereocenters. The Bertz CT molecular complexity index is 504. The van der Waals surface area contributed by atoms with E-state index in [2.05, 4.69) is 36.5 Å². The van der Waals surface area contributed by atoms with Gasteiger partial charge in [0, 0.05) is 18.8 Å². The molecular weight excluding hydrogens is 276 g/mol. The molecule has 0 atom stereocenters. The number of benzene rings is 1. The highest BCUT2D eigenvalue weighted by Gasteiger charge is 2.34. The number of aryl methyl sites for hydroxylation is 1. The monoisotopic (exact) mass is 302 g/mol. The summed E-state index contributed by atoms with van der Waals surface area (Å²) in [4.78, 5) is 4.85. The van der Waals surface area contributed by atoms with Gasteiger partial charge in [0.15, 0.2) is 5.17 Å². The summed E-state index contributed by atoms with van der Waals surface area (Å²) < 4.78 is 0. The Morgan fingerprint density at radius 3 is 2.57 bits per heavy atom. The minimum absolute atomic E-state index is 0.523. The number of thioether (sulfide) groups is 1. The summed E-state index contributed by atoms with van der Waals surface area (Å²) in [6.07, 6.45) is 8.10. The summed E-state index contributed by atoms with van der Waals surface area (Å²) in [6, 6.07) is 8.71. The minimum Gasteiger partial charge on any atom is -0.361 e. The fraction of sp³-hybridized carbons (Fsp3) is 0.611. The van der Waals surface area contributed by atoms with Gasteiger partial charge >= 0.3 is 0 Å². The predicted molar refractivity (Wildman–Crippen MR) is 92.9 cm³/mol. The maximum Gasteiger partial charge on any atom is 0.156 e. The van der Waals surface area contributed by atoms with Crippen LogP contribution >= 0.6 is 11.8 Å². The van der Waals surface area contributed by atoms with Crippen molar-refractivity contribution < 1.29 is 0 Å². The van der Waals surface area contributed by atoms with Crippen LogP contribution in [0, 0.1) is 5.41 Å². The van der Waals surface area contributed by atoms with E-state index in [1.807, 2.05) is 11.8 Å². The average molecular weight is 302 g/mol. The van der Waals surface area contributed by atoms with Crippen molar-refractivity contribution in [1.82, 2.24) is 5.32 Å². The highest BCUT2D eigenvalue weighted by molar-refractivity contribution is 8.13. The van der Waals surface area contributed by atoms with E-state index in [-0.39, 0.29) is 0 Å². The van der Waals surface area contributed by atoms with Gasteiger partial charge in [-0.25, -0.2) is 0 Å². The highest BCUT2D eigenvalue weighted by atomic mass is 32.2. The van der Waals surface area contributed by atoms with Crippen molar-refractivity contribution in [2.45, 2.75) is 52.0 Å². The number of hydrogen-bond acceptors (Lipinski definition) is 3. The molecule has 1 aliphatic carbocycles. The van der Waals surface area contributed by atoms with Gasteiger partial charge in [-0.15, -0.1) is 0 Å². The van der Waals surface area contributed by atoms with Crippen LogP contribution in [-0.4, -0.2) is 17.5 Å². The molecule has 1 spiro atoms. The van der Waals surface area contributed by atoms with E-state index in [1.54, 1.807) is 0 Å². The zero-order chi connectivity index (χ0) is 14.5. The lowest BCUT2D eigenvalue weighted by molar-refractivity contribution is 0.232. The molecule has 1 aliphatic heterocycles. The second-order valence-corrected chi connectivity index (χ2v) is 7.41. The molecule has 0 saturated heterocycles. The van der Waals surface area contributed by atoms with Gasteiger partial charge in [0.05, 0.1) is 0 Å². The lowest BCUT2D eigenvalue weighted by Crippen LogP contribution is -2.36. The van der Waals surface area contributed by atoms with E-state index in [4.69, 9.17) is 4.99 Å². The molecule has 114 valence electrons. The normalized spacial score (nSPS) is 21.1. The van der Waals surface area contributed by atoms with Crippen molar-refractivity contribution in [2.75, 3.05) is 12.3 Å². The second kappa shape index (κ2) is 6.87. The third kappa shape index (κ3) is 3.63. The maximum absolute atomic E-state index is 4.85. The topological polar surface area (TPSA) is 24.4 Å². The van der Waals surface area contributed by atoms with Gasteiger partial charge in [-0.3, -0.25) is 4.99 Å². The molecule has 0 radical (unpaired) electrons.